The van der Waals surface area contributed by atoms with Gasteiger partial charge < -0.3 is 14.8 Å². The Bertz CT molecular complexity index is 362. The number of esters is 1. The molecule has 74 valence electrons. The van der Waals surface area contributed by atoms with Gasteiger partial charge in [0.1, 0.15) is 12.2 Å². The molecule has 0 fully saturated rings. The molecule has 1 aliphatic rings. The number of fused-ring (bicyclic) bond motifs is 1. The van der Waals surface area contributed by atoms with Crippen LogP contribution in [0.25, 0.3) is 0 Å². The molecule has 0 amide bonds. The Hall–Kier alpha value is -1.71. The minimum atomic E-state index is -0.370. The molecule has 14 heavy (non-hydrogen) atoms. The van der Waals surface area contributed by atoms with Crippen LogP contribution in [0.3, 0.4) is 0 Å². The van der Waals surface area contributed by atoms with Gasteiger partial charge in [-0.1, -0.05) is 6.07 Å². The molecular weight excluding hydrogens is 182 g/mol. The Morgan fingerprint density at radius 2 is 2.43 bits per heavy atom. The lowest BCUT2D eigenvalue weighted by Gasteiger charge is -2.20. The van der Waals surface area contributed by atoms with E-state index >= 15 is 0 Å². The van der Waals surface area contributed by atoms with Crippen molar-refractivity contribution >= 4 is 11.7 Å². The molecule has 1 aromatic rings. The van der Waals surface area contributed by atoms with Crippen LogP contribution in [0, 0.1) is 0 Å². The monoisotopic (exact) mass is 193 g/mol. The summed E-state index contributed by atoms with van der Waals surface area (Å²) in [6, 6.07) is 5.37. The molecular formula is C10H11NO3. The highest BCUT2D eigenvalue weighted by Crippen LogP contribution is 2.31. The van der Waals surface area contributed by atoms with Gasteiger partial charge in [0.2, 0.25) is 0 Å². The summed E-state index contributed by atoms with van der Waals surface area (Å²) in [5, 5.41) is 3.15. The van der Waals surface area contributed by atoms with Crippen LogP contribution in [-0.4, -0.2) is 26.2 Å². The number of hydrogen-bond acceptors (Lipinski definition) is 4. The number of methoxy groups -OCH3 is 1. The van der Waals surface area contributed by atoms with Crippen molar-refractivity contribution in [2.75, 3.05) is 25.6 Å². The van der Waals surface area contributed by atoms with E-state index in [0.29, 0.717) is 17.9 Å². The van der Waals surface area contributed by atoms with Crippen LogP contribution in [0.5, 0.6) is 5.75 Å². The number of para-hydroxylation sites is 1. The quantitative estimate of drug-likeness (QED) is 0.682. The Kier molecular flexibility index (Phi) is 2.26. The van der Waals surface area contributed by atoms with E-state index in [1.54, 1.807) is 12.1 Å². The number of carbonyl (C=O) groups excluding carboxylic acids is 1. The molecule has 4 heteroatoms. The summed E-state index contributed by atoms with van der Waals surface area (Å²) >= 11 is 0. The second-order valence-corrected chi connectivity index (χ2v) is 2.95. The first-order valence-corrected chi connectivity index (χ1v) is 4.41. The van der Waals surface area contributed by atoms with E-state index in [4.69, 9.17) is 4.74 Å². The summed E-state index contributed by atoms with van der Waals surface area (Å²) in [6.45, 7) is 1.33. The molecule has 0 atom stereocenters. The van der Waals surface area contributed by atoms with E-state index in [-0.39, 0.29) is 5.97 Å². The number of rotatable bonds is 1. The van der Waals surface area contributed by atoms with Crippen LogP contribution in [0.15, 0.2) is 18.2 Å². The summed E-state index contributed by atoms with van der Waals surface area (Å²) in [7, 11) is 1.36. The molecule has 0 aromatic heterocycles. The van der Waals surface area contributed by atoms with Gasteiger partial charge in [0.15, 0.2) is 5.75 Å². The van der Waals surface area contributed by atoms with Crippen molar-refractivity contribution in [2.24, 2.45) is 0 Å². The Balaban J connectivity index is 2.45. The average molecular weight is 193 g/mol. The first-order valence-electron chi connectivity index (χ1n) is 4.41. The maximum Gasteiger partial charge on any atom is 0.341 e. The topological polar surface area (TPSA) is 47.6 Å². The summed E-state index contributed by atoms with van der Waals surface area (Å²) in [6.07, 6.45) is 0. The van der Waals surface area contributed by atoms with Crippen molar-refractivity contribution in [1.82, 2.24) is 0 Å². The normalized spacial score (nSPS) is 13.5. The van der Waals surface area contributed by atoms with Gasteiger partial charge in [0.25, 0.3) is 0 Å². The molecule has 0 unspecified atom stereocenters. The summed E-state index contributed by atoms with van der Waals surface area (Å²) < 4.78 is 10.1. The van der Waals surface area contributed by atoms with Gasteiger partial charge in [-0.15, -0.1) is 0 Å². The number of benzene rings is 1. The zero-order valence-electron chi connectivity index (χ0n) is 7.87. The SMILES string of the molecule is COC(=O)c1cccc2c1OCCN2. The molecule has 0 radical (unpaired) electrons. The van der Waals surface area contributed by atoms with E-state index in [2.05, 4.69) is 10.1 Å². The standard InChI is InChI=1S/C10H11NO3/c1-13-10(12)7-3-2-4-8-9(7)14-6-5-11-8/h2-4,11H,5-6H2,1H3. The van der Waals surface area contributed by atoms with Gasteiger partial charge in [-0.2, -0.15) is 0 Å². The molecule has 0 bridgehead atoms. The highest BCUT2D eigenvalue weighted by atomic mass is 16.5. The van der Waals surface area contributed by atoms with Crippen LogP contribution >= 0.6 is 0 Å². The smallest absolute Gasteiger partial charge is 0.341 e. The number of ether oxygens (including phenoxy) is 2. The molecule has 0 saturated heterocycles. The summed E-state index contributed by atoms with van der Waals surface area (Å²) in [5.74, 6) is 0.219. The van der Waals surface area contributed by atoms with Crippen LogP contribution in [0.2, 0.25) is 0 Å². The zero-order chi connectivity index (χ0) is 9.97. The highest BCUT2D eigenvalue weighted by Gasteiger charge is 2.18. The molecule has 0 saturated carbocycles. The average Bonchev–Trinajstić information content (AvgIpc) is 2.27. The third-order valence-electron chi connectivity index (χ3n) is 2.08. The van der Waals surface area contributed by atoms with Crippen LogP contribution in [-0.2, 0) is 4.74 Å². The predicted molar refractivity (Wildman–Crippen MR) is 51.8 cm³/mol. The molecule has 4 nitrogen and oxygen atoms in total. The molecule has 0 spiro atoms. The maximum atomic E-state index is 11.4. The number of anilines is 1. The van der Waals surface area contributed by atoms with Crippen molar-refractivity contribution in [2.45, 2.75) is 0 Å². The minimum Gasteiger partial charge on any atom is -0.489 e. The van der Waals surface area contributed by atoms with Crippen molar-refractivity contribution in [1.29, 1.82) is 0 Å². The van der Waals surface area contributed by atoms with Crippen molar-refractivity contribution in [3.63, 3.8) is 0 Å². The summed E-state index contributed by atoms with van der Waals surface area (Å²) in [5.41, 5.74) is 1.32. The van der Waals surface area contributed by atoms with Gasteiger partial charge >= 0.3 is 5.97 Å². The lowest BCUT2D eigenvalue weighted by molar-refractivity contribution is 0.0596. The first kappa shape index (κ1) is 8.87. The Labute approximate surface area is 81.8 Å². The second kappa shape index (κ2) is 3.57. The van der Waals surface area contributed by atoms with Crippen LogP contribution < -0.4 is 10.1 Å². The molecule has 1 N–H and O–H groups in total. The van der Waals surface area contributed by atoms with Crippen molar-refractivity contribution < 1.29 is 14.3 Å². The predicted octanol–water partition coefficient (Wildman–Crippen LogP) is 1.28. The van der Waals surface area contributed by atoms with E-state index < -0.39 is 0 Å². The van der Waals surface area contributed by atoms with E-state index in [0.717, 1.165) is 12.2 Å². The van der Waals surface area contributed by atoms with Gasteiger partial charge in [-0.25, -0.2) is 4.79 Å². The maximum absolute atomic E-state index is 11.4. The molecule has 2 rings (SSSR count). The number of nitrogens with one attached hydrogen (secondary N) is 1. The number of hydrogen-bond donors (Lipinski definition) is 1. The highest BCUT2D eigenvalue weighted by molar-refractivity contribution is 5.94. The zero-order valence-corrected chi connectivity index (χ0v) is 7.87. The minimum absolute atomic E-state index is 0.370. The lowest BCUT2D eigenvalue weighted by Crippen LogP contribution is -2.20. The molecule has 1 heterocycles. The van der Waals surface area contributed by atoms with Crippen molar-refractivity contribution in [3.8, 4) is 5.75 Å². The fraction of sp³-hybridized carbons (Fsp3) is 0.300. The third kappa shape index (κ3) is 1.39. The largest absolute Gasteiger partial charge is 0.489 e. The second-order valence-electron chi connectivity index (χ2n) is 2.95. The fourth-order valence-corrected chi connectivity index (χ4v) is 1.44. The first-order chi connectivity index (χ1) is 6.83. The van der Waals surface area contributed by atoms with Crippen molar-refractivity contribution in [3.05, 3.63) is 23.8 Å². The van der Waals surface area contributed by atoms with Gasteiger partial charge in [-0.3, -0.25) is 0 Å². The van der Waals surface area contributed by atoms with E-state index in [1.165, 1.54) is 7.11 Å². The Morgan fingerprint density at radius 1 is 1.57 bits per heavy atom. The molecule has 0 aliphatic carbocycles. The fourth-order valence-electron chi connectivity index (χ4n) is 1.44. The van der Waals surface area contributed by atoms with Gasteiger partial charge in [0, 0.05) is 6.54 Å². The van der Waals surface area contributed by atoms with Gasteiger partial charge in [0.05, 0.1) is 12.8 Å². The van der Waals surface area contributed by atoms with E-state index in [9.17, 15) is 4.79 Å². The number of carbonyl (C=O) groups is 1. The Morgan fingerprint density at radius 3 is 3.21 bits per heavy atom. The van der Waals surface area contributed by atoms with Crippen LogP contribution in [0.4, 0.5) is 5.69 Å². The lowest BCUT2D eigenvalue weighted by atomic mass is 10.1. The summed E-state index contributed by atoms with van der Waals surface area (Å²) in [4.78, 5) is 11.4. The van der Waals surface area contributed by atoms with Crippen LogP contribution in [0.1, 0.15) is 10.4 Å². The molecule has 1 aliphatic heterocycles. The molecule has 1 aromatic carbocycles. The van der Waals surface area contributed by atoms with E-state index in [1.807, 2.05) is 6.07 Å². The third-order valence-corrected chi connectivity index (χ3v) is 2.08. The van der Waals surface area contributed by atoms with Gasteiger partial charge in [-0.05, 0) is 12.1 Å².